The number of hydrogen-bond donors (Lipinski definition) is 1. The van der Waals surface area contributed by atoms with Crippen molar-refractivity contribution in [3.63, 3.8) is 0 Å². The highest BCUT2D eigenvalue weighted by atomic mass is 32.2. The first kappa shape index (κ1) is 15.8. The van der Waals surface area contributed by atoms with Gasteiger partial charge in [0.2, 0.25) is 0 Å². The van der Waals surface area contributed by atoms with Gasteiger partial charge < -0.3 is 9.47 Å². The number of nitrogens with zero attached hydrogens (tertiary/aromatic N) is 1. The van der Waals surface area contributed by atoms with Gasteiger partial charge in [0.15, 0.2) is 5.82 Å². The predicted octanol–water partition coefficient (Wildman–Crippen LogP) is 1.68. The Morgan fingerprint density at radius 3 is 2.45 bits per heavy atom. The SMILES string of the molecule is COC(=O)c1cc(OC)cnc1NS(=O)(=O)c1ccccc1. The van der Waals surface area contributed by atoms with Crippen LogP contribution in [0, 0.1) is 0 Å². The molecule has 0 amide bonds. The molecule has 1 N–H and O–H groups in total. The molecule has 0 aliphatic rings. The van der Waals surface area contributed by atoms with Crippen molar-refractivity contribution >= 4 is 21.8 Å². The summed E-state index contributed by atoms with van der Waals surface area (Å²) >= 11 is 0. The number of anilines is 1. The summed E-state index contributed by atoms with van der Waals surface area (Å²) in [6.07, 6.45) is 1.30. The minimum Gasteiger partial charge on any atom is -0.495 e. The number of aromatic nitrogens is 1. The van der Waals surface area contributed by atoms with Crippen molar-refractivity contribution in [2.24, 2.45) is 0 Å². The molecule has 22 heavy (non-hydrogen) atoms. The van der Waals surface area contributed by atoms with Crippen LogP contribution in [-0.4, -0.2) is 33.6 Å². The summed E-state index contributed by atoms with van der Waals surface area (Å²) in [6, 6.07) is 9.11. The quantitative estimate of drug-likeness (QED) is 0.842. The summed E-state index contributed by atoms with van der Waals surface area (Å²) in [6.45, 7) is 0. The number of benzene rings is 1. The lowest BCUT2D eigenvalue weighted by atomic mass is 10.2. The Kier molecular flexibility index (Phi) is 4.62. The molecule has 0 aliphatic heterocycles. The second-order valence-corrected chi connectivity index (χ2v) is 5.86. The molecule has 0 saturated carbocycles. The number of carbonyl (C=O) groups excluding carboxylic acids is 1. The van der Waals surface area contributed by atoms with Crippen LogP contribution in [0.15, 0.2) is 47.5 Å². The molecule has 0 saturated heterocycles. The van der Waals surface area contributed by atoms with E-state index in [9.17, 15) is 13.2 Å². The number of rotatable bonds is 5. The van der Waals surface area contributed by atoms with Crippen LogP contribution < -0.4 is 9.46 Å². The maximum Gasteiger partial charge on any atom is 0.341 e. The van der Waals surface area contributed by atoms with Gasteiger partial charge in [0.05, 0.1) is 25.3 Å². The zero-order valence-electron chi connectivity index (χ0n) is 11.9. The molecule has 1 aromatic carbocycles. The Labute approximate surface area is 128 Å². The highest BCUT2D eigenvalue weighted by Gasteiger charge is 2.21. The van der Waals surface area contributed by atoms with Crippen LogP contribution in [-0.2, 0) is 14.8 Å². The number of esters is 1. The second-order valence-electron chi connectivity index (χ2n) is 4.18. The lowest BCUT2D eigenvalue weighted by Gasteiger charge is -2.11. The first-order valence-electron chi connectivity index (χ1n) is 6.18. The van der Waals surface area contributed by atoms with E-state index in [0.29, 0.717) is 5.75 Å². The number of carbonyl (C=O) groups is 1. The summed E-state index contributed by atoms with van der Waals surface area (Å²) < 4.78 is 36.4. The van der Waals surface area contributed by atoms with E-state index >= 15 is 0 Å². The van der Waals surface area contributed by atoms with Crippen molar-refractivity contribution in [3.05, 3.63) is 48.2 Å². The third-order valence-electron chi connectivity index (χ3n) is 2.79. The van der Waals surface area contributed by atoms with Crippen molar-refractivity contribution in [1.29, 1.82) is 0 Å². The Bertz CT molecular complexity index is 775. The van der Waals surface area contributed by atoms with Crippen molar-refractivity contribution < 1.29 is 22.7 Å². The van der Waals surface area contributed by atoms with Gasteiger partial charge in [0.1, 0.15) is 11.3 Å². The fourth-order valence-corrected chi connectivity index (χ4v) is 2.74. The molecule has 2 aromatic rings. The molecule has 0 aliphatic carbocycles. The zero-order valence-corrected chi connectivity index (χ0v) is 12.8. The molecule has 1 heterocycles. The van der Waals surface area contributed by atoms with E-state index in [4.69, 9.17) is 4.74 Å². The van der Waals surface area contributed by atoms with E-state index in [0.717, 1.165) is 0 Å². The Balaban J connectivity index is 2.43. The molecule has 116 valence electrons. The third-order valence-corrected chi connectivity index (χ3v) is 4.14. The van der Waals surface area contributed by atoms with Gasteiger partial charge >= 0.3 is 5.97 Å². The Morgan fingerprint density at radius 2 is 1.86 bits per heavy atom. The molecule has 0 unspecified atom stereocenters. The second kappa shape index (κ2) is 6.44. The van der Waals surface area contributed by atoms with E-state index < -0.39 is 16.0 Å². The lowest BCUT2D eigenvalue weighted by Crippen LogP contribution is -2.17. The number of ether oxygens (including phenoxy) is 2. The summed E-state index contributed by atoms with van der Waals surface area (Å²) in [4.78, 5) is 15.7. The largest absolute Gasteiger partial charge is 0.495 e. The molecule has 2 rings (SSSR count). The van der Waals surface area contributed by atoms with Gasteiger partial charge in [-0.15, -0.1) is 0 Å². The molecule has 1 aromatic heterocycles. The summed E-state index contributed by atoms with van der Waals surface area (Å²) in [7, 11) is -1.26. The summed E-state index contributed by atoms with van der Waals surface area (Å²) in [5, 5.41) is 0. The van der Waals surface area contributed by atoms with Gasteiger partial charge in [0.25, 0.3) is 10.0 Å². The van der Waals surface area contributed by atoms with E-state index in [-0.39, 0.29) is 16.3 Å². The molecule has 0 radical (unpaired) electrons. The van der Waals surface area contributed by atoms with Gasteiger partial charge in [0, 0.05) is 6.07 Å². The van der Waals surface area contributed by atoms with Crippen LogP contribution in [0.2, 0.25) is 0 Å². The summed E-state index contributed by atoms with van der Waals surface area (Å²) in [5.41, 5.74) is -0.0404. The fraction of sp³-hybridized carbons (Fsp3) is 0.143. The van der Waals surface area contributed by atoms with E-state index in [1.807, 2.05) is 0 Å². The Hall–Kier alpha value is -2.61. The van der Waals surface area contributed by atoms with Crippen molar-refractivity contribution in [2.75, 3.05) is 18.9 Å². The first-order chi connectivity index (χ1) is 10.5. The number of methoxy groups -OCH3 is 2. The van der Waals surface area contributed by atoms with E-state index in [1.54, 1.807) is 18.2 Å². The Morgan fingerprint density at radius 1 is 1.18 bits per heavy atom. The van der Waals surface area contributed by atoms with Crippen LogP contribution in [0.5, 0.6) is 5.75 Å². The minimum atomic E-state index is -3.86. The van der Waals surface area contributed by atoms with Gasteiger partial charge in [-0.2, -0.15) is 0 Å². The number of nitrogens with one attached hydrogen (secondary N) is 1. The van der Waals surface area contributed by atoms with Crippen LogP contribution in [0.4, 0.5) is 5.82 Å². The monoisotopic (exact) mass is 322 g/mol. The van der Waals surface area contributed by atoms with Gasteiger partial charge in [-0.25, -0.2) is 18.2 Å². The van der Waals surface area contributed by atoms with E-state index in [2.05, 4.69) is 14.4 Å². The van der Waals surface area contributed by atoms with E-state index in [1.165, 1.54) is 38.6 Å². The highest BCUT2D eigenvalue weighted by Crippen LogP contribution is 2.22. The first-order valence-corrected chi connectivity index (χ1v) is 7.66. The highest BCUT2D eigenvalue weighted by molar-refractivity contribution is 7.92. The molecule has 0 bridgehead atoms. The lowest BCUT2D eigenvalue weighted by molar-refractivity contribution is 0.0601. The fourth-order valence-electron chi connectivity index (χ4n) is 1.69. The summed E-state index contributed by atoms with van der Waals surface area (Å²) in [5.74, 6) is -0.545. The third kappa shape index (κ3) is 3.34. The molecule has 0 fully saturated rings. The van der Waals surface area contributed by atoms with Crippen molar-refractivity contribution in [2.45, 2.75) is 4.90 Å². The number of hydrogen-bond acceptors (Lipinski definition) is 6. The molecule has 0 atom stereocenters. The average Bonchev–Trinajstić information content (AvgIpc) is 2.55. The van der Waals surface area contributed by atoms with Gasteiger partial charge in [-0.3, -0.25) is 4.72 Å². The maximum atomic E-state index is 12.3. The minimum absolute atomic E-state index is 0.0404. The molecular weight excluding hydrogens is 308 g/mol. The van der Waals surface area contributed by atoms with Gasteiger partial charge in [-0.1, -0.05) is 18.2 Å². The average molecular weight is 322 g/mol. The smallest absolute Gasteiger partial charge is 0.341 e. The zero-order chi connectivity index (χ0) is 16.2. The van der Waals surface area contributed by atoms with Crippen LogP contribution >= 0.6 is 0 Å². The molecular formula is C14H14N2O5S. The van der Waals surface area contributed by atoms with Crippen LogP contribution in [0.25, 0.3) is 0 Å². The molecule has 8 heteroatoms. The predicted molar refractivity (Wildman–Crippen MR) is 79.4 cm³/mol. The standard InChI is InChI=1S/C14H14N2O5S/c1-20-10-8-12(14(17)21-2)13(15-9-10)16-22(18,19)11-6-4-3-5-7-11/h3-9H,1-2H3,(H,15,16). The van der Waals surface area contributed by atoms with Crippen molar-refractivity contribution in [3.8, 4) is 5.75 Å². The van der Waals surface area contributed by atoms with Gasteiger partial charge in [-0.05, 0) is 12.1 Å². The molecule has 7 nitrogen and oxygen atoms in total. The van der Waals surface area contributed by atoms with Crippen molar-refractivity contribution in [1.82, 2.24) is 4.98 Å². The van der Waals surface area contributed by atoms with Crippen LogP contribution in [0.1, 0.15) is 10.4 Å². The van der Waals surface area contributed by atoms with Crippen LogP contribution in [0.3, 0.4) is 0 Å². The topological polar surface area (TPSA) is 94.6 Å². The number of sulfonamides is 1. The normalized spacial score (nSPS) is 10.8. The number of pyridine rings is 1. The maximum absolute atomic E-state index is 12.3. The molecule has 0 spiro atoms.